The van der Waals surface area contributed by atoms with E-state index in [4.69, 9.17) is 4.74 Å². The highest BCUT2D eigenvalue weighted by Crippen LogP contribution is 2.47. The largest absolute Gasteiger partial charge is 0.390 e. The molecule has 0 spiro atoms. The molecule has 1 N–H and O–H groups in total. The minimum atomic E-state index is -0.268. The lowest BCUT2D eigenvalue weighted by Gasteiger charge is -2.48. The Morgan fingerprint density at radius 3 is 2.35 bits per heavy atom. The molecule has 0 aromatic heterocycles. The van der Waals surface area contributed by atoms with E-state index < -0.39 is 0 Å². The average molecular weight is 282 g/mol. The standard InChI is InChI=1S/C18H34O2/c1-5-14-7-6-8-15(13-14)16(19)18(20-4)11-9-17(2,3)10-12-18/h14-16,19H,5-13H2,1-4H3. The van der Waals surface area contributed by atoms with E-state index in [1.54, 1.807) is 0 Å². The fourth-order valence-electron chi connectivity index (χ4n) is 4.39. The lowest BCUT2D eigenvalue weighted by molar-refractivity contribution is -0.159. The lowest BCUT2D eigenvalue weighted by Crippen LogP contribution is -2.52. The van der Waals surface area contributed by atoms with Crippen LogP contribution in [0.2, 0.25) is 0 Å². The summed E-state index contributed by atoms with van der Waals surface area (Å²) >= 11 is 0. The van der Waals surface area contributed by atoms with Gasteiger partial charge in [-0.05, 0) is 55.8 Å². The summed E-state index contributed by atoms with van der Waals surface area (Å²) < 4.78 is 5.91. The van der Waals surface area contributed by atoms with Crippen LogP contribution in [0.15, 0.2) is 0 Å². The van der Waals surface area contributed by atoms with Gasteiger partial charge in [0, 0.05) is 7.11 Å². The van der Waals surface area contributed by atoms with Gasteiger partial charge in [-0.2, -0.15) is 0 Å². The second-order valence-corrected chi connectivity index (χ2v) is 8.08. The number of aliphatic hydroxyl groups excluding tert-OH is 1. The van der Waals surface area contributed by atoms with E-state index in [1.807, 2.05) is 7.11 Å². The Labute approximate surface area is 125 Å². The summed E-state index contributed by atoms with van der Waals surface area (Å²) in [4.78, 5) is 0. The molecule has 0 aliphatic heterocycles. The summed E-state index contributed by atoms with van der Waals surface area (Å²) in [7, 11) is 1.81. The predicted octanol–water partition coefficient (Wildman–Crippen LogP) is 4.55. The Kier molecular flexibility index (Phi) is 5.18. The van der Waals surface area contributed by atoms with E-state index >= 15 is 0 Å². The lowest BCUT2D eigenvalue weighted by atomic mass is 9.65. The number of methoxy groups -OCH3 is 1. The summed E-state index contributed by atoms with van der Waals surface area (Å²) in [6.45, 7) is 6.97. The zero-order valence-electron chi connectivity index (χ0n) is 14.0. The predicted molar refractivity (Wildman–Crippen MR) is 83.7 cm³/mol. The van der Waals surface area contributed by atoms with Crippen LogP contribution < -0.4 is 0 Å². The van der Waals surface area contributed by atoms with Crippen molar-refractivity contribution in [2.24, 2.45) is 17.3 Å². The van der Waals surface area contributed by atoms with Crippen molar-refractivity contribution < 1.29 is 9.84 Å². The van der Waals surface area contributed by atoms with Gasteiger partial charge in [-0.1, -0.05) is 40.0 Å². The SMILES string of the molecule is CCC1CCCC(C(O)C2(OC)CCC(C)(C)CC2)C1. The molecule has 0 heterocycles. The third kappa shape index (κ3) is 3.39. The number of ether oxygens (including phenoxy) is 1. The van der Waals surface area contributed by atoms with Crippen molar-refractivity contribution in [1.82, 2.24) is 0 Å². The second-order valence-electron chi connectivity index (χ2n) is 8.08. The Balaban J connectivity index is 2.03. The van der Waals surface area contributed by atoms with Gasteiger partial charge >= 0.3 is 0 Å². The number of hydrogen-bond donors (Lipinski definition) is 1. The first-order valence-electron chi connectivity index (χ1n) is 8.66. The molecule has 2 rings (SSSR count). The van der Waals surface area contributed by atoms with Gasteiger partial charge in [0.15, 0.2) is 0 Å². The van der Waals surface area contributed by atoms with E-state index in [0.717, 1.165) is 18.8 Å². The highest BCUT2D eigenvalue weighted by Gasteiger charge is 2.47. The van der Waals surface area contributed by atoms with Crippen LogP contribution in [0.1, 0.15) is 78.6 Å². The van der Waals surface area contributed by atoms with Crippen LogP contribution in [0.5, 0.6) is 0 Å². The fourth-order valence-corrected chi connectivity index (χ4v) is 4.39. The molecule has 0 amide bonds. The number of rotatable bonds is 4. The first kappa shape index (κ1) is 16.3. The van der Waals surface area contributed by atoms with Crippen molar-refractivity contribution in [3.8, 4) is 0 Å². The molecule has 0 radical (unpaired) electrons. The summed E-state index contributed by atoms with van der Waals surface area (Å²) in [6.07, 6.45) is 10.4. The van der Waals surface area contributed by atoms with Crippen molar-refractivity contribution in [3.05, 3.63) is 0 Å². The molecule has 3 atom stereocenters. The summed E-state index contributed by atoms with van der Waals surface area (Å²) in [5, 5.41) is 11.0. The van der Waals surface area contributed by atoms with Crippen molar-refractivity contribution >= 4 is 0 Å². The highest BCUT2D eigenvalue weighted by molar-refractivity contribution is 4.98. The molecule has 2 fully saturated rings. The van der Waals surface area contributed by atoms with Crippen LogP contribution in [0.4, 0.5) is 0 Å². The summed E-state index contributed by atoms with van der Waals surface area (Å²) in [5.41, 5.74) is 0.149. The summed E-state index contributed by atoms with van der Waals surface area (Å²) in [5.74, 6) is 1.27. The number of aliphatic hydroxyl groups is 1. The third-order valence-corrected chi connectivity index (χ3v) is 6.24. The fraction of sp³-hybridized carbons (Fsp3) is 1.00. The van der Waals surface area contributed by atoms with E-state index in [0.29, 0.717) is 11.3 Å². The highest BCUT2D eigenvalue weighted by atomic mass is 16.5. The molecule has 2 saturated carbocycles. The molecular formula is C18H34O2. The van der Waals surface area contributed by atoms with Crippen molar-refractivity contribution in [1.29, 1.82) is 0 Å². The van der Waals surface area contributed by atoms with E-state index in [2.05, 4.69) is 20.8 Å². The topological polar surface area (TPSA) is 29.5 Å². The zero-order chi connectivity index (χ0) is 14.8. The minimum Gasteiger partial charge on any atom is -0.390 e. The van der Waals surface area contributed by atoms with Gasteiger partial charge in [0.2, 0.25) is 0 Å². The van der Waals surface area contributed by atoms with Gasteiger partial charge in [0.1, 0.15) is 0 Å². The molecule has 2 aliphatic rings. The maximum Gasteiger partial charge on any atom is 0.0939 e. The molecule has 0 aromatic carbocycles. The minimum absolute atomic E-state index is 0.266. The van der Waals surface area contributed by atoms with Crippen molar-refractivity contribution in [3.63, 3.8) is 0 Å². The van der Waals surface area contributed by atoms with Crippen molar-refractivity contribution in [2.45, 2.75) is 90.3 Å². The van der Waals surface area contributed by atoms with Crippen LogP contribution in [-0.4, -0.2) is 23.9 Å². The molecular weight excluding hydrogens is 248 g/mol. The quantitative estimate of drug-likeness (QED) is 0.819. The average Bonchev–Trinajstić information content (AvgIpc) is 2.47. The Bertz CT molecular complexity index is 301. The van der Waals surface area contributed by atoms with Gasteiger partial charge in [0.25, 0.3) is 0 Å². The normalized spacial score (nSPS) is 34.6. The van der Waals surface area contributed by atoms with Gasteiger partial charge in [-0.3, -0.25) is 0 Å². The molecule has 0 saturated heterocycles. The Morgan fingerprint density at radius 2 is 1.80 bits per heavy atom. The van der Waals surface area contributed by atoms with Crippen LogP contribution in [0.25, 0.3) is 0 Å². The van der Waals surface area contributed by atoms with E-state index in [1.165, 1.54) is 44.9 Å². The maximum absolute atomic E-state index is 11.0. The molecule has 118 valence electrons. The van der Waals surface area contributed by atoms with Crippen molar-refractivity contribution in [2.75, 3.05) is 7.11 Å². The monoisotopic (exact) mass is 282 g/mol. The number of hydrogen-bond acceptors (Lipinski definition) is 2. The van der Waals surface area contributed by atoms with Crippen LogP contribution >= 0.6 is 0 Å². The molecule has 0 aromatic rings. The van der Waals surface area contributed by atoms with Crippen LogP contribution in [0.3, 0.4) is 0 Å². The van der Waals surface area contributed by atoms with Gasteiger partial charge in [-0.15, -0.1) is 0 Å². The first-order chi connectivity index (χ1) is 9.42. The Hall–Kier alpha value is -0.0800. The molecule has 2 nitrogen and oxygen atoms in total. The Morgan fingerprint density at radius 1 is 1.15 bits per heavy atom. The smallest absolute Gasteiger partial charge is 0.0939 e. The van der Waals surface area contributed by atoms with Gasteiger partial charge in [0.05, 0.1) is 11.7 Å². The molecule has 2 aliphatic carbocycles. The van der Waals surface area contributed by atoms with Gasteiger partial charge < -0.3 is 9.84 Å². The van der Waals surface area contributed by atoms with E-state index in [-0.39, 0.29) is 11.7 Å². The summed E-state index contributed by atoms with van der Waals surface area (Å²) in [6, 6.07) is 0. The molecule has 3 unspecified atom stereocenters. The first-order valence-corrected chi connectivity index (χ1v) is 8.66. The van der Waals surface area contributed by atoms with E-state index in [9.17, 15) is 5.11 Å². The molecule has 0 bridgehead atoms. The maximum atomic E-state index is 11.0. The molecule has 20 heavy (non-hydrogen) atoms. The van der Waals surface area contributed by atoms with Crippen LogP contribution in [0, 0.1) is 17.3 Å². The molecule has 2 heteroatoms. The van der Waals surface area contributed by atoms with Crippen LogP contribution in [-0.2, 0) is 4.74 Å². The zero-order valence-corrected chi connectivity index (χ0v) is 14.0. The van der Waals surface area contributed by atoms with Gasteiger partial charge in [-0.25, -0.2) is 0 Å². The third-order valence-electron chi connectivity index (χ3n) is 6.24. The second kappa shape index (κ2) is 6.36.